The first-order valence-electron chi connectivity index (χ1n) is 8.97. The van der Waals surface area contributed by atoms with Gasteiger partial charge in [0, 0.05) is 36.5 Å². The lowest BCUT2D eigenvalue weighted by Crippen LogP contribution is -1.97. The number of nitrogens with zero attached hydrogens (tertiary/aromatic N) is 4. The number of fused-ring (bicyclic) bond motifs is 1. The van der Waals surface area contributed by atoms with Crippen LogP contribution in [0.5, 0.6) is 5.88 Å². The molecule has 0 amide bonds. The van der Waals surface area contributed by atoms with Gasteiger partial charge in [0.1, 0.15) is 12.3 Å². The number of pyridine rings is 2. The summed E-state index contributed by atoms with van der Waals surface area (Å²) in [5.74, 6) is 0.579. The summed E-state index contributed by atoms with van der Waals surface area (Å²) in [5, 5.41) is 7.09. The molecule has 5 aromatic rings. The molecule has 0 saturated heterocycles. The van der Waals surface area contributed by atoms with Crippen LogP contribution in [0.4, 0.5) is 0 Å². The number of benzene rings is 1. The molecule has 1 aromatic carbocycles. The van der Waals surface area contributed by atoms with Gasteiger partial charge in [0.15, 0.2) is 0 Å². The molecular formula is C22H17N5O. The molecule has 0 atom stereocenters. The summed E-state index contributed by atoms with van der Waals surface area (Å²) in [6, 6.07) is 18.1. The average molecular weight is 367 g/mol. The number of aromatic nitrogens is 5. The molecule has 0 radical (unpaired) electrons. The third-order valence-electron chi connectivity index (χ3n) is 4.59. The van der Waals surface area contributed by atoms with Crippen LogP contribution in [-0.4, -0.2) is 24.6 Å². The van der Waals surface area contributed by atoms with Gasteiger partial charge < -0.3 is 9.14 Å². The van der Waals surface area contributed by atoms with Gasteiger partial charge in [-0.3, -0.25) is 10.1 Å². The van der Waals surface area contributed by atoms with Crippen LogP contribution in [0.15, 0.2) is 85.6 Å². The van der Waals surface area contributed by atoms with E-state index in [1.54, 1.807) is 12.4 Å². The van der Waals surface area contributed by atoms with Gasteiger partial charge in [-0.05, 0) is 35.4 Å². The maximum Gasteiger partial charge on any atom is 0.240 e. The summed E-state index contributed by atoms with van der Waals surface area (Å²) >= 11 is 0. The second kappa shape index (κ2) is 7.00. The first-order valence-corrected chi connectivity index (χ1v) is 8.97. The van der Waals surface area contributed by atoms with E-state index in [4.69, 9.17) is 4.74 Å². The molecule has 136 valence electrons. The van der Waals surface area contributed by atoms with E-state index in [2.05, 4.69) is 44.4 Å². The number of H-pyrrole nitrogens is 1. The number of rotatable bonds is 5. The Morgan fingerprint density at radius 3 is 2.61 bits per heavy atom. The lowest BCUT2D eigenvalue weighted by Gasteiger charge is -2.06. The molecule has 4 aromatic heterocycles. The fraction of sp³-hybridized carbons (Fsp3) is 0.0455. The average Bonchev–Trinajstić information content (AvgIpc) is 3.40. The number of imidazole rings is 1. The zero-order valence-electron chi connectivity index (χ0n) is 15.0. The van der Waals surface area contributed by atoms with Crippen LogP contribution in [0.2, 0.25) is 0 Å². The van der Waals surface area contributed by atoms with Crippen LogP contribution in [0.1, 0.15) is 5.56 Å². The Balaban J connectivity index is 1.32. The van der Waals surface area contributed by atoms with E-state index < -0.39 is 0 Å². The van der Waals surface area contributed by atoms with E-state index in [0.717, 1.165) is 33.6 Å². The molecule has 0 aliphatic carbocycles. The predicted octanol–water partition coefficient (Wildman–Crippen LogP) is 4.37. The number of ether oxygens (including phenoxy) is 1. The lowest BCUT2D eigenvalue weighted by atomic mass is 10.1. The summed E-state index contributed by atoms with van der Waals surface area (Å²) < 4.78 is 7.95. The fourth-order valence-electron chi connectivity index (χ4n) is 3.12. The van der Waals surface area contributed by atoms with Gasteiger partial charge in [-0.1, -0.05) is 30.3 Å². The quantitative estimate of drug-likeness (QED) is 0.501. The van der Waals surface area contributed by atoms with Gasteiger partial charge in [0.25, 0.3) is 0 Å². The van der Waals surface area contributed by atoms with Crippen molar-refractivity contribution >= 4 is 5.65 Å². The van der Waals surface area contributed by atoms with Gasteiger partial charge in [-0.2, -0.15) is 0 Å². The number of nitrogens with one attached hydrogen (secondary N) is 1. The molecule has 4 heterocycles. The Bertz CT molecular complexity index is 1180. The molecule has 0 spiro atoms. The van der Waals surface area contributed by atoms with Crippen molar-refractivity contribution in [1.82, 2.24) is 24.6 Å². The zero-order chi connectivity index (χ0) is 18.8. The molecular weight excluding hydrogens is 350 g/mol. The van der Waals surface area contributed by atoms with E-state index in [0.29, 0.717) is 12.5 Å². The van der Waals surface area contributed by atoms with Crippen molar-refractivity contribution < 1.29 is 4.74 Å². The van der Waals surface area contributed by atoms with E-state index in [1.165, 1.54) is 0 Å². The minimum absolute atomic E-state index is 0.439. The van der Waals surface area contributed by atoms with Crippen LogP contribution in [0, 0.1) is 0 Å². The fourth-order valence-corrected chi connectivity index (χ4v) is 3.12. The Labute approximate surface area is 161 Å². The monoisotopic (exact) mass is 367 g/mol. The van der Waals surface area contributed by atoms with Crippen LogP contribution in [0.3, 0.4) is 0 Å². The van der Waals surface area contributed by atoms with Crippen molar-refractivity contribution in [1.29, 1.82) is 0 Å². The minimum atomic E-state index is 0.439. The lowest BCUT2D eigenvalue weighted by molar-refractivity contribution is 0.294. The van der Waals surface area contributed by atoms with E-state index in [1.807, 2.05) is 53.3 Å². The van der Waals surface area contributed by atoms with Gasteiger partial charge in [0.05, 0.1) is 11.3 Å². The Morgan fingerprint density at radius 2 is 1.79 bits per heavy atom. The highest BCUT2D eigenvalue weighted by Crippen LogP contribution is 2.28. The summed E-state index contributed by atoms with van der Waals surface area (Å²) in [6.45, 7) is 0.439. The molecule has 0 fully saturated rings. The van der Waals surface area contributed by atoms with Crippen molar-refractivity contribution in [2.75, 3.05) is 0 Å². The normalized spacial score (nSPS) is 11.0. The molecule has 5 rings (SSSR count). The van der Waals surface area contributed by atoms with E-state index in [-0.39, 0.29) is 0 Å². The molecule has 0 saturated carbocycles. The third kappa shape index (κ3) is 3.12. The molecule has 1 N–H and O–H groups in total. The summed E-state index contributed by atoms with van der Waals surface area (Å²) in [5.41, 5.74) is 5.96. The summed E-state index contributed by atoms with van der Waals surface area (Å²) in [6.07, 6.45) is 9.37. The SMILES string of the molecule is c1ccn2cc(-c3ccc(COc4n[nH]cc4-c4ccncc4)cc3)nc2c1. The second-order valence-electron chi connectivity index (χ2n) is 6.42. The summed E-state index contributed by atoms with van der Waals surface area (Å²) in [4.78, 5) is 8.70. The van der Waals surface area contributed by atoms with E-state index in [9.17, 15) is 0 Å². The molecule has 6 heteroatoms. The molecule has 28 heavy (non-hydrogen) atoms. The predicted molar refractivity (Wildman–Crippen MR) is 107 cm³/mol. The van der Waals surface area contributed by atoms with Crippen LogP contribution >= 0.6 is 0 Å². The molecule has 0 unspecified atom stereocenters. The highest BCUT2D eigenvalue weighted by atomic mass is 16.5. The first-order chi connectivity index (χ1) is 13.9. The Kier molecular flexibility index (Phi) is 4.06. The number of hydrogen-bond donors (Lipinski definition) is 1. The van der Waals surface area contributed by atoms with Gasteiger partial charge in [-0.15, -0.1) is 5.10 Å². The van der Waals surface area contributed by atoms with Gasteiger partial charge >= 0.3 is 0 Å². The highest BCUT2D eigenvalue weighted by molar-refractivity contribution is 5.67. The van der Waals surface area contributed by atoms with Crippen molar-refractivity contribution in [2.45, 2.75) is 6.61 Å². The maximum absolute atomic E-state index is 5.93. The smallest absolute Gasteiger partial charge is 0.240 e. The number of hydrogen-bond acceptors (Lipinski definition) is 4. The van der Waals surface area contributed by atoms with Crippen LogP contribution < -0.4 is 4.74 Å². The second-order valence-corrected chi connectivity index (χ2v) is 6.42. The largest absolute Gasteiger partial charge is 0.471 e. The van der Waals surface area contributed by atoms with Crippen molar-refractivity contribution in [3.8, 4) is 28.3 Å². The Hall–Kier alpha value is -3.93. The topological polar surface area (TPSA) is 68.1 Å². The van der Waals surface area contributed by atoms with Crippen LogP contribution in [0.25, 0.3) is 28.0 Å². The first kappa shape index (κ1) is 16.3. The molecule has 6 nitrogen and oxygen atoms in total. The Morgan fingerprint density at radius 1 is 0.929 bits per heavy atom. The van der Waals surface area contributed by atoms with Crippen molar-refractivity contribution in [3.05, 3.63) is 91.1 Å². The van der Waals surface area contributed by atoms with Crippen molar-refractivity contribution in [3.63, 3.8) is 0 Å². The molecule has 0 aliphatic heterocycles. The maximum atomic E-state index is 5.93. The van der Waals surface area contributed by atoms with Crippen molar-refractivity contribution in [2.24, 2.45) is 0 Å². The standard InChI is InChI=1S/C22H17N5O/c1-2-12-27-14-20(25-21(27)3-1)18-6-4-16(5-7-18)15-28-22-19(13-24-26-22)17-8-10-23-11-9-17/h1-14H,15H2,(H,24,26). The number of aromatic amines is 1. The third-order valence-corrected chi connectivity index (χ3v) is 4.59. The molecule has 0 bridgehead atoms. The minimum Gasteiger partial charge on any atom is -0.471 e. The highest BCUT2D eigenvalue weighted by Gasteiger charge is 2.10. The van der Waals surface area contributed by atoms with Gasteiger partial charge in [0.2, 0.25) is 5.88 Å². The van der Waals surface area contributed by atoms with E-state index >= 15 is 0 Å². The molecule has 0 aliphatic rings. The van der Waals surface area contributed by atoms with Crippen LogP contribution in [-0.2, 0) is 6.61 Å². The van der Waals surface area contributed by atoms with Gasteiger partial charge in [-0.25, -0.2) is 4.98 Å². The summed E-state index contributed by atoms with van der Waals surface area (Å²) in [7, 11) is 0. The zero-order valence-corrected chi connectivity index (χ0v) is 15.0.